The van der Waals surface area contributed by atoms with Gasteiger partial charge in [0, 0.05) is 32.4 Å². The smallest absolute Gasteiger partial charge is 0.257 e. The van der Waals surface area contributed by atoms with Gasteiger partial charge in [0.1, 0.15) is 0 Å². The highest BCUT2D eigenvalue weighted by atomic mass is 16.5. The summed E-state index contributed by atoms with van der Waals surface area (Å²) in [5, 5.41) is 10.1. The standard InChI is InChI=1S/C12H20N4O2/c1-8-11(9(2)15-14-8)12(17)16(3)7-10-6-13-4-5-18-10/h10,13H,4-7H2,1-3H3,(H,14,15). The van der Waals surface area contributed by atoms with Crippen LogP contribution in [-0.4, -0.2) is 60.4 Å². The normalized spacial score (nSPS) is 19.8. The molecule has 1 aromatic rings. The van der Waals surface area contributed by atoms with Gasteiger partial charge in [-0.3, -0.25) is 9.89 Å². The predicted molar refractivity (Wildman–Crippen MR) is 67.6 cm³/mol. The van der Waals surface area contributed by atoms with E-state index in [1.165, 1.54) is 0 Å². The van der Waals surface area contributed by atoms with Gasteiger partial charge in [0.2, 0.25) is 0 Å². The third kappa shape index (κ3) is 2.70. The van der Waals surface area contributed by atoms with Crippen LogP contribution < -0.4 is 5.32 Å². The minimum absolute atomic E-state index is 0.00655. The van der Waals surface area contributed by atoms with Crippen molar-refractivity contribution in [2.75, 3.05) is 33.3 Å². The molecule has 1 unspecified atom stereocenters. The molecule has 0 spiro atoms. The van der Waals surface area contributed by atoms with Crippen LogP contribution in [0.4, 0.5) is 0 Å². The second-order valence-electron chi connectivity index (χ2n) is 4.69. The van der Waals surface area contributed by atoms with Gasteiger partial charge in [0.05, 0.1) is 24.0 Å². The zero-order valence-electron chi connectivity index (χ0n) is 11.1. The second-order valence-corrected chi connectivity index (χ2v) is 4.69. The zero-order valence-corrected chi connectivity index (χ0v) is 11.1. The molecule has 6 nitrogen and oxygen atoms in total. The molecule has 0 aliphatic carbocycles. The number of hydrogen-bond acceptors (Lipinski definition) is 4. The largest absolute Gasteiger partial charge is 0.374 e. The maximum atomic E-state index is 12.3. The Hall–Kier alpha value is -1.40. The highest BCUT2D eigenvalue weighted by Crippen LogP contribution is 2.12. The van der Waals surface area contributed by atoms with E-state index in [0.717, 1.165) is 24.5 Å². The number of rotatable bonds is 3. The van der Waals surface area contributed by atoms with Crippen LogP contribution in [0.5, 0.6) is 0 Å². The quantitative estimate of drug-likeness (QED) is 0.799. The topological polar surface area (TPSA) is 70.2 Å². The molecule has 6 heteroatoms. The van der Waals surface area contributed by atoms with E-state index < -0.39 is 0 Å². The number of nitrogens with zero attached hydrogens (tertiary/aromatic N) is 2. The summed E-state index contributed by atoms with van der Waals surface area (Å²) in [5.74, 6) is -0.00655. The molecule has 1 aliphatic heterocycles. The van der Waals surface area contributed by atoms with E-state index in [-0.39, 0.29) is 12.0 Å². The van der Waals surface area contributed by atoms with Gasteiger partial charge in [0.15, 0.2) is 0 Å². The van der Waals surface area contributed by atoms with Crippen LogP contribution in [0.2, 0.25) is 0 Å². The van der Waals surface area contributed by atoms with E-state index in [0.29, 0.717) is 18.7 Å². The fourth-order valence-electron chi connectivity index (χ4n) is 2.18. The van der Waals surface area contributed by atoms with Crippen molar-refractivity contribution in [2.24, 2.45) is 0 Å². The summed E-state index contributed by atoms with van der Waals surface area (Å²) < 4.78 is 5.60. The van der Waals surface area contributed by atoms with Gasteiger partial charge < -0.3 is 15.0 Å². The third-order valence-electron chi connectivity index (χ3n) is 3.17. The highest BCUT2D eigenvalue weighted by Gasteiger charge is 2.22. The first-order valence-electron chi connectivity index (χ1n) is 6.19. The molecule has 0 saturated carbocycles. The average Bonchev–Trinajstić information content (AvgIpc) is 2.69. The molecule has 0 radical (unpaired) electrons. The maximum absolute atomic E-state index is 12.3. The number of likely N-dealkylation sites (N-methyl/N-ethyl adjacent to an activating group) is 1. The lowest BCUT2D eigenvalue weighted by Crippen LogP contribution is -2.45. The lowest BCUT2D eigenvalue weighted by molar-refractivity contribution is 0.0103. The molecule has 2 heterocycles. The molecule has 0 bridgehead atoms. The molecule has 2 rings (SSSR count). The number of carbonyl (C=O) groups is 1. The van der Waals surface area contributed by atoms with Crippen molar-refractivity contribution in [3.63, 3.8) is 0 Å². The molecule has 2 N–H and O–H groups in total. The van der Waals surface area contributed by atoms with E-state index in [1.807, 2.05) is 13.8 Å². The van der Waals surface area contributed by atoms with E-state index >= 15 is 0 Å². The van der Waals surface area contributed by atoms with Gasteiger partial charge in [-0.1, -0.05) is 0 Å². The van der Waals surface area contributed by atoms with Gasteiger partial charge in [-0.25, -0.2) is 0 Å². The Morgan fingerprint density at radius 1 is 1.56 bits per heavy atom. The number of aryl methyl sites for hydroxylation is 2. The molecule has 1 saturated heterocycles. The monoisotopic (exact) mass is 252 g/mol. The third-order valence-corrected chi connectivity index (χ3v) is 3.17. The van der Waals surface area contributed by atoms with Crippen molar-refractivity contribution in [3.05, 3.63) is 17.0 Å². The summed E-state index contributed by atoms with van der Waals surface area (Å²) >= 11 is 0. The molecule has 100 valence electrons. The first-order chi connectivity index (χ1) is 8.59. The van der Waals surface area contributed by atoms with E-state index in [1.54, 1.807) is 11.9 Å². The summed E-state index contributed by atoms with van der Waals surface area (Å²) in [6.45, 7) is 6.67. The van der Waals surface area contributed by atoms with Crippen molar-refractivity contribution >= 4 is 5.91 Å². The van der Waals surface area contributed by atoms with E-state index in [4.69, 9.17) is 4.74 Å². The molecule has 1 atom stereocenters. The predicted octanol–water partition coefficient (Wildman–Crippen LogP) is 0.0869. The second kappa shape index (κ2) is 5.49. The SMILES string of the molecule is Cc1n[nH]c(C)c1C(=O)N(C)CC1CNCCO1. The van der Waals surface area contributed by atoms with Crippen molar-refractivity contribution in [1.82, 2.24) is 20.4 Å². The fraction of sp³-hybridized carbons (Fsp3) is 0.667. The van der Waals surface area contributed by atoms with Crippen molar-refractivity contribution < 1.29 is 9.53 Å². The van der Waals surface area contributed by atoms with Crippen LogP contribution in [0.15, 0.2) is 0 Å². The Morgan fingerprint density at radius 2 is 2.33 bits per heavy atom. The van der Waals surface area contributed by atoms with Gasteiger partial charge in [-0.15, -0.1) is 0 Å². The molecule has 1 amide bonds. The number of nitrogens with one attached hydrogen (secondary N) is 2. The van der Waals surface area contributed by atoms with Crippen LogP contribution in [0, 0.1) is 13.8 Å². The molecule has 0 aromatic carbocycles. The highest BCUT2D eigenvalue weighted by molar-refractivity contribution is 5.96. The minimum Gasteiger partial charge on any atom is -0.374 e. The van der Waals surface area contributed by atoms with Crippen LogP contribution >= 0.6 is 0 Å². The lowest BCUT2D eigenvalue weighted by atomic mass is 10.1. The Labute approximate surface area is 107 Å². The van der Waals surface area contributed by atoms with Crippen LogP contribution in [0.3, 0.4) is 0 Å². The zero-order chi connectivity index (χ0) is 13.1. The summed E-state index contributed by atoms with van der Waals surface area (Å²) in [7, 11) is 1.80. The van der Waals surface area contributed by atoms with Gasteiger partial charge in [0.25, 0.3) is 5.91 Å². The Balaban J connectivity index is 2.00. The molecule has 1 fully saturated rings. The molecular weight excluding hydrogens is 232 g/mol. The Morgan fingerprint density at radius 3 is 2.89 bits per heavy atom. The van der Waals surface area contributed by atoms with Gasteiger partial charge in [-0.05, 0) is 13.8 Å². The number of hydrogen-bond donors (Lipinski definition) is 2. The number of morpholine rings is 1. The minimum atomic E-state index is -0.00655. The van der Waals surface area contributed by atoms with Gasteiger partial charge in [-0.2, -0.15) is 5.10 Å². The Bertz CT molecular complexity index is 404. The lowest BCUT2D eigenvalue weighted by Gasteiger charge is -2.28. The first kappa shape index (κ1) is 13.0. The number of H-pyrrole nitrogens is 1. The summed E-state index contributed by atoms with van der Waals surface area (Å²) in [6.07, 6.45) is 0.0696. The van der Waals surface area contributed by atoms with Crippen LogP contribution in [-0.2, 0) is 4.74 Å². The number of amides is 1. The average molecular weight is 252 g/mol. The molecule has 1 aliphatic rings. The number of aromatic amines is 1. The number of carbonyl (C=O) groups excluding carboxylic acids is 1. The van der Waals surface area contributed by atoms with Gasteiger partial charge >= 0.3 is 0 Å². The fourth-order valence-corrected chi connectivity index (χ4v) is 2.18. The number of aromatic nitrogens is 2. The van der Waals surface area contributed by atoms with Crippen LogP contribution in [0.1, 0.15) is 21.7 Å². The van der Waals surface area contributed by atoms with Crippen LogP contribution in [0.25, 0.3) is 0 Å². The summed E-state index contributed by atoms with van der Waals surface area (Å²) in [6, 6.07) is 0. The first-order valence-corrected chi connectivity index (χ1v) is 6.19. The maximum Gasteiger partial charge on any atom is 0.257 e. The summed E-state index contributed by atoms with van der Waals surface area (Å²) in [4.78, 5) is 14.0. The van der Waals surface area contributed by atoms with E-state index in [2.05, 4.69) is 15.5 Å². The Kier molecular flexibility index (Phi) is 3.98. The molecular formula is C12H20N4O2. The van der Waals surface area contributed by atoms with Crippen molar-refractivity contribution in [1.29, 1.82) is 0 Å². The van der Waals surface area contributed by atoms with Crippen molar-refractivity contribution in [3.8, 4) is 0 Å². The van der Waals surface area contributed by atoms with E-state index in [9.17, 15) is 4.79 Å². The molecule has 18 heavy (non-hydrogen) atoms. The number of ether oxygens (including phenoxy) is 1. The van der Waals surface area contributed by atoms with Crippen molar-refractivity contribution in [2.45, 2.75) is 20.0 Å². The summed E-state index contributed by atoms with van der Waals surface area (Å²) in [5.41, 5.74) is 2.22. The molecule has 1 aromatic heterocycles.